The quantitative estimate of drug-likeness (QED) is 0.564. The van der Waals surface area contributed by atoms with Gasteiger partial charge in [-0.25, -0.2) is 10.2 Å². The van der Waals surface area contributed by atoms with E-state index in [9.17, 15) is 14.4 Å². The Hall–Kier alpha value is -4.06. The second kappa shape index (κ2) is 7.28. The van der Waals surface area contributed by atoms with Crippen LogP contribution in [0.15, 0.2) is 99.6 Å². The summed E-state index contributed by atoms with van der Waals surface area (Å²) in [4.78, 5) is 39.1. The van der Waals surface area contributed by atoms with Gasteiger partial charge in [0.2, 0.25) is 10.9 Å². The number of urea groups is 1. The molecule has 0 aliphatic rings. The van der Waals surface area contributed by atoms with Crippen LogP contribution in [0, 0.1) is 0 Å². The highest BCUT2D eigenvalue weighted by molar-refractivity contribution is 5.99. The zero-order chi connectivity index (χ0) is 19.5. The summed E-state index contributed by atoms with van der Waals surface area (Å²) >= 11 is 0. The molecule has 0 aromatic heterocycles. The van der Waals surface area contributed by atoms with E-state index in [1.165, 1.54) is 4.90 Å². The van der Waals surface area contributed by atoms with Crippen molar-refractivity contribution in [3.8, 4) is 0 Å². The number of anilines is 2. The van der Waals surface area contributed by atoms with E-state index in [0.29, 0.717) is 22.1 Å². The van der Waals surface area contributed by atoms with E-state index in [1.807, 2.05) is 36.4 Å². The molecule has 0 aliphatic heterocycles. The molecule has 2 amide bonds. The molecule has 6 heteroatoms. The van der Waals surface area contributed by atoms with Gasteiger partial charge in [-0.3, -0.25) is 14.5 Å². The van der Waals surface area contributed by atoms with E-state index >= 15 is 0 Å². The summed E-state index contributed by atoms with van der Waals surface area (Å²) in [5.74, 6) is 0. The van der Waals surface area contributed by atoms with E-state index in [0.717, 1.165) is 0 Å². The summed E-state index contributed by atoms with van der Waals surface area (Å²) in [7, 11) is 0. The van der Waals surface area contributed by atoms with Crippen LogP contribution in [0.2, 0.25) is 0 Å². The van der Waals surface area contributed by atoms with Crippen LogP contribution in [0.25, 0.3) is 10.8 Å². The number of amides is 2. The molecule has 4 rings (SSSR count). The van der Waals surface area contributed by atoms with Gasteiger partial charge < -0.3 is 0 Å². The predicted molar refractivity (Wildman–Crippen MR) is 108 cm³/mol. The number of hydrogen-bond donors (Lipinski definition) is 1. The monoisotopic (exact) mass is 369 g/mol. The summed E-state index contributed by atoms with van der Waals surface area (Å²) in [5, 5.41) is 4.14. The first kappa shape index (κ1) is 17.4. The highest BCUT2D eigenvalue weighted by Crippen LogP contribution is 2.24. The van der Waals surface area contributed by atoms with Crippen molar-refractivity contribution in [1.82, 2.24) is 5.43 Å². The Morgan fingerprint density at radius 3 is 1.57 bits per heavy atom. The zero-order valence-electron chi connectivity index (χ0n) is 14.7. The van der Waals surface area contributed by atoms with Crippen LogP contribution < -0.4 is 26.5 Å². The molecule has 0 saturated carbocycles. The SMILES string of the molecule is O=C(NN=c1c(=O)c2ccccc2c1=O)N(c1ccccc1)c1ccccc1. The minimum absolute atomic E-state index is 0.295. The van der Waals surface area contributed by atoms with Gasteiger partial charge in [0.05, 0.1) is 11.4 Å². The number of hydrogen-bond acceptors (Lipinski definition) is 4. The molecule has 0 radical (unpaired) electrons. The van der Waals surface area contributed by atoms with Crippen LogP contribution in [0.1, 0.15) is 0 Å². The van der Waals surface area contributed by atoms with Gasteiger partial charge in [-0.05, 0) is 24.3 Å². The van der Waals surface area contributed by atoms with Gasteiger partial charge in [0, 0.05) is 10.8 Å². The lowest BCUT2D eigenvalue weighted by molar-refractivity contribution is 0.248. The van der Waals surface area contributed by atoms with Crippen molar-refractivity contribution in [3.05, 3.63) is 111 Å². The van der Waals surface area contributed by atoms with E-state index < -0.39 is 16.9 Å². The Bertz CT molecular complexity index is 1200. The average molecular weight is 369 g/mol. The summed E-state index contributed by atoms with van der Waals surface area (Å²) in [5.41, 5.74) is 2.61. The third kappa shape index (κ3) is 3.07. The molecular formula is C22H15N3O3. The van der Waals surface area contributed by atoms with Crippen molar-refractivity contribution in [3.63, 3.8) is 0 Å². The largest absolute Gasteiger partial charge is 0.346 e. The maximum absolute atomic E-state index is 12.9. The first-order valence-corrected chi connectivity index (χ1v) is 8.63. The molecule has 0 heterocycles. The normalized spacial score (nSPS) is 10.6. The molecule has 1 N–H and O–H groups in total. The highest BCUT2D eigenvalue weighted by atomic mass is 16.2. The number of carbonyl (C=O) groups excluding carboxylic acids is 1. The first-order chi connectivity index (χ1) is 13.7. The second-order valence-corrected chi connectivity index (χ2v) is 6.09. The van der Waals surface area contributed by atoms with Crippen molar-refractivity contribution < 1.29 is 4.79 Å². The molecule has 0 spiro atoms. The Labute approximate surface area is 159 Å². The predicted octanol–water partition coefficient (Wildman–Crippen LogP) is 2.80. The Morgan fingerprint density at radius 1 is 0.679 bits per heavy atom. The van der Waals surface area contributed by atoms with Crippen molar-refractivity contribution in [2.75, 3.05) is 4.90 Å². The maximum Gasteiger partial charge on any atom is 0.346 e. The lowest BCUT2D eigenvalue weighted by Gasteiger charge is -2.21. The molecule has 0 bridgehead atoms. The number of benzene rings is 3. The number of rotatable bonds is 3. The molecule has 0 fully saturated rings. The summed E-state index contributed by atoms with van der Waals surface area (Å²) in [6.45, 7) is 0. The third-order valence-electron chi connectivity index (χ3n) is 4.34. The molecule has 0 unspecified atom stereocenters. The number of carbonyl (C=O) groups is 1. The minimum Gasteiger partial charge on any atom is -0.287 e. The summed E-state index contributed by atoms with van der Waals surface area (Å²) < 4.78 is 0. The van der Waals surface area contributed by atoms with E-state index in [1.54, 1.807) is 48.5 Å². The molecule has 136 valence electrons. The maximum atomic E-state index is 12.9. The molecular weight excluding hydrogens is 354 g/mol. The van der Waals surface area contributed by atoms with Crippen LogP contribution in [0.3, 0.4) is 0 Å². The van der Waals surface area contributed by atoms with Crippen molar-refractivity contribution in [2.45, 2.75) is 0 Å². The molecule has 0 atom stereocenters. The number of nitrogens with zero attached hydrogens (tertiary/aromatic N) is 2. The van der Waals surface area contributed by atoms with Gasteiger partial charge >= 0.3 is 6.03 Å². The summed E-state index contributed by atoms with van der Waals surface area (Å²) in [6.07, 6.45) is 0. The molecule has 4 aromatic rings. The van der Waals surface area contributed by atoms with E-state index in [-0.39, 0.29) is 5.36 Å². The molecule has 0 saturated heterocycles. The van der Waals surface area contributed by atoms with Crippen LogP contribution in [0.5, 0.6) is 0 Å². The fraction of sp³-hybridized carbons (Fsp3) is 0. The fourth-order valence-corrected chi connectivity index (χ4v) is 3.03. The van der Waals surface area contributed by atoms with Gasteiger partial charge in [0.1, 0.15) is 0 Å². The van der Waals surface area contributed by atoms with Crippen LogP contribution >= 0.6 is 0 Å². The Balaban J connectivity index is 1.75. The van der Waals surface area contributed by atoms with Crippen LogP contribution in [0.4, 0.5) is 16.2 Å². The van der Waals surface area contributed by atoms with Gasteiger partial charge in [-0.2, -0.15) is 5.10 Å². The van der Waals surface area contributed by atoms with Crippen molar-refractivity contribution in [1.29, 1.82) is 0 Å². The molecule has 4 aromatic carbocycles. The first-order valence-electron chi connectivity index (χ1n) is 8.63. The topological polar surface area (TPSA) is 78.8 Å². The van der Waals surface area contributed by atoms with E-state index in [2.05, 4.69) is 10.5 Å². The standard InChI is InChI=1S/C22H15N3O3/c26-20-17-13-7-8-14-18(17)21(27)19(20)23-24-22(28)25(15-9-3-1-4-10-15)16-11-5-2-6-12-16/h1-14H,(H,24,28). The Morgan fingerprint density at radius 2 is 1.11 bits per heavy atom. The molecule has 28 heavy (non-hydrogen) atoms. The lowest BCUT2D eigenvalue weighted by atomic mass is 10.2. The number of para-hydroxylation sites is 2. The molecule has 6 nitrogen and oxygen atoms in total. The van der Waals surface area contributed by atoms with Gasteiger partial charge in [0.25, 0.3) is 0 Å². The van der Waals surface area contributed by atoms with Gasteiger partial charge in [0.15, 0.2) is 5.36 Å². The number of fused-ring (bicyclic) bond motifs is 1. The highest BCUT2D eigenvalue weighted by Gasteiger charge is 2.18. The van der Waals surface area contributed by atoms with Crippen molar-refractivity contribution >= 4 is 28.2 Å². The third-order valence-corrected chi connectivity index (χ3v) is 4.34. The fourth-order valence-electron chi connectivity index (χ4n) is 3.03. The van der Waals surface area contributed by atoms with Gasteiger partial charge in [-0.15, -0.1) is 0 Å². The Kier molecular flexibility index (Phi) is 4.51. The summed E-state index contributed by atoms with van der Waals surface area (Å²) in [6, 6.07) is 24.0. The van der Waals surface area contributed by atoms with Crippen molar-refractivity contribution in [2.24, 2.45) is 5.10 Å². The van der Waals surface area contributed by atoms with E-state index in [4.69, 9.17) is 0 Å². The minimum atomic E-state index is -0.582. The molecule has 0 aliphatic carbocycles. The zero-order valence-corrected chi connectivity index (χ0v) is 14.7. The smallest absolute Gasteiger partial charge is 0.287 e. The van der Waals surface area contributed by atoms with Crippen LogP contribution in [-0.4, -0.2) is 6.03 Å². The van der Waals surface area contributed by atoms with Gasteiger partial charge in [-0.1, -0.05) is 60.7 Å². The average Bonchev–Trinajstić information content (AvgIpc) is 2.99. The second-order valence-electron chi connectivity index (χ2n) is 6.09. The number of nitrogens with one attached hydrogen (secondary N) is 1. The van der Waals surface area contributed by atoms with Crippen LogP contribution in [-0.2, 0) is 0 Å². The lowest BCUT2D eigenvalue weighted by Crippen LogP contribution is -2.39.